The number of hydrogen-bond donors (Lipinski definition) is 3. The number of pyridine rings is 1. The number of rotatable bonds is 3. The van der Waals surface area contributed by atoms with Crippen LogP contribution in [-0.2, 0) is 0 Å². The lowest BCUT2D eigenvalue weighted by Gasteiger charge is -2.07. The SMILES string of the molecule is Oc1ccc2ccccc2c1C=NNc1ccc(O)c2ncccc12. The first-order chi connectivity index (χ1) is 12.2. The van der Waals surface area contributed by atoms with Gasteiger partial charge in [0.25, 0.3) is 0 Å². The van der Waals surface area contributed by atoms with Crippen LogP contribution in [0.15, 0.2) is 72.0 Å². The van der Waals surface area contributed by atoms with E-state index in [-0.39, 0.29) is 11.5 Å². The van der Waals surface area contributed by atoms with Crippen LogP contribution < -0.4 is 5.43 Å². The van der Waals surface area contributed by atoms with E-state index in [0.29, 0.717) is 11.1 Å². The molecule has 0 aliphatic rings. The van der Waals surface area contributed by atoms with Gasteiger partial charge in [-0.2, -0.15) is 5.10 Å². The molecule has 0 saturated carbocycles. The minimum atomic E-state index is 0.122. The normalized spacial score (nSPS) is 11.4. The summed E-state index contributed by atoms with van der Waals surface area (Å²) in [6.07, 6.45) is 3.22. The Morgan fingerprint density at radius 1 is 0.840 bits per heavy atom. The number of hydrogen-bond acceptors (Lipinski definition) is 5. The Bertz CT molecular complexity index is 1110. The van der Waals surface area contributed by atoms with E-state index in [0.717, 1.165) is 21.8 Å². The maximum absolute atomic E-state index is 10.2. The molecule has 4 rings (SSSR count). The molecule has 4 aromatic rings. The van der Waals surface area contributed by atoms with Gasteiger partial charge in [-0.05, 0) is 41.1 Å². The fourth-order valence-corrected chi connectivity index (χ4v) is 2.84. The van der Waals surface area contributed by atoms with E-state index in [9.17, 15) is 10.2 Å². The fourth-order valence-electron chi connectivity index (χ4n) is 2.84. The van der Waals surface area contributed by atoms with E-state index in [4.69, 9.17) is 0 Å². The molecule has 0 fully saturated rings. The molecule has 5 heteroatoms. The zero-order valence-corrected chi connectivity index (χ0v) is 13.2. The van der Waals surface area contributed by atoms with Gasteiger partial charge in [0, 0.05) is 17.1 Å². The van der Waals surface area contributed by atoms with Crippen LogP contribution >= 0.6 is 0 Å². The molecular weight excluding hydrogens is 314 g/mol. The van der Waals surface area contributed by atoms with Crippen LogP contribution in [0.4, 0.5) is 5.69 Å². The van der Waals surface area contributed by atoms with Gasteiger partial charge >= 0.3 is 0 Å². The summed E-state index contributed by atoms with van der Waals surface area (Å²) in [6.45, 7) is 0. The van der Waals surface area contributed by atoms with E-state index in [1.807, 2.05) is 36.4 Å². The number of nitrogens with zero attached hydrogens (tertiary/aromatic N) is 2. The zero-order chi connectivity index (χ0) is 17.2. The maximum atomic E-state index is 10.2. The molecular formula is C20H15N3O2. The van der Waals surface area contributed by atoms with Gasteiger partial charge in [0.2, 0.25) is 0 Å². The van der Waals surface area contributed by atoms with Gasteiger partial charge in [-0.25, -0.2) is 0 Å². The van der Waals surface area contributed by atoms with Gasteiger partial charge < -0.3 is 10.2 Å². The second-order valence-corrected chi connectivity index (χ2v) is 5.62. The minimum absolute atomic E-state index is 0.122. The molecule has 122 valence electrons. The lowest BCUT2D eigenvalue weighted by atomic mass is 10.0. The lowest BCUT2D eigenvalue weighted by molar-refractivity contribution is 0.475. The standard InChI is InChI=1S/C20H15N3O2/c24-18-9-7-13-4-1-2-5-14(13)16(18)12-22-23-17-8-10-19(25)20-15(17)6-3-11-21-20/h1-12,23-25H. The molecule has 3 aromatic carbocycles. The Hall–Kier alpha value is -3.60. The summed E-state index contributed by atoms with van der Waals surface area (Å²) in [5, 5.41) is 27.0. The summed E-state index contributed by atoms with van der Waals surface area (Å²) < 4.78 is 0. The molecule has 0 atom stereocenters. The first kappa shape index (κ1) is 15.0. The van der Waals surface area contributed by atoms with Crippen molar-refractivity contribution in [3.8, 4) is 11.5 Å². The molecule has 1 heterocycles. The third kappa shape index (κ3) is 2.72. The number of phenolic OH excluding ortho intramolecular Hbond substituents is 2. The molecule has 0 saturated heterocycles. The minimum Gasteiger partial charge on any atom is -0.507 e. The molecule has 0 bridgehead atoms. The topological polar surface area (TPSA) is 77.7 Å². The van der Waals surface area contributed by atoms with Gasteiger partial charge in [0.1, 0.15) is 17.0 Å². The number of phenols is 2. The van der Waals surface area contributed by atoms with Crippen LogP contribution in [-0.4, -0.2) is 21.4 Å². The summed E-state index contributed by atoms with van der Waals surface area (Å²) in [4.78, 5) is 4.18. The van der Waals surface area contributed by atoms with Gasteiger partial charge in [-0.1, -0.05) is 30.3 Å². The van der Waals surface area contributed by atoms with Crippen molar-refractivity contribution >= 4 is 33.6 Å². The molecule has 0 aliphatic heterocycles. The van der Waals surface area contributed by atoms with Crippen molar-refractivity contribution in [3.63, 3.8) is 0 Å². The monoisotopic (exact) mass is 329 g/mol. The summed E-state index contributed by atoms with van der Waals surface area (Å²) in [5.74, 6) is 0.290. The lowest BCUT2D eigenvalue weighted by Crippen LogP contribution is -1.94. The predicted octanol–water partition coefficient (Wildman–Crippen LogP) is 4.25. The zero-order valence-electron chi connectivity index (χ0n) is 13.2. The van der Waals surface area contributed by atoms with Gasteiger partial charge in [-0.15, -0.1) is 0 Å². The van der Waals surface area contributed by atoms with Crippen molar-refractivity contribution in [3.05, 3.63) is 72.4 Å². The average Bonchev–Trinajstić information content (AvgIpc) is 2.65. The first-order valence-corrected chi connectivity index (χ1v) is 7.80. The van der Waals surface area contributed by atoms with E-state index < -0.39 is 0 Å². The fraction of sp³-hybridized carbons (Fsp3) is 0. The van der Waals surface area contributed by atoms with Gasteiger partial charge in [-0.3, -0.25) is 10.4 Å². The highest BCUT2D eigenvalue weighted by Crippen LogP contribution is 2.29. The second-order valence-electron chi connectivity index (χ2n) is 5.62. The van der Waals surface area contributed by atoms with E-state index in [1.165, 1.54) is 0 Å². The van der Waals surface area contributed by atoms with Crippen LogP contribution in [0.25, 0.3) is 21.7 Å². The third-order valence-corrected chi connectivity index (χ3v) is 4.07. The molecule has 25 heavy (non-hydrogen) atoms. The molecule has 0 spiro atoms. The number of anilines is 1. The highest BCUT2D eigenvalue weighted by molar-refractivity contribution is 6.03. The van der Waals surface area contributed by atoms with Crippen molar-refractivity contribution in [1.82, 2.24) is 4.98 Å². The number of aromatic nitrogens is 1. The first-order valence-electron chi connectivity index (χ1n) is 7.80. The number of nitrogens with one attached hydrogen (secondary N) is 1. The number of hydrazone groups is 1. The molecule has 0 radical (unpaired) electrons. The Morgan fingerprint density at radius 3 is 2.56 bits per heavy atom. The molecule has 0 aliphatic carbocycles. The molecule has 0 amide bonds. The predicted molar refractivity (Wildman–Crippen MR) is 100 cm³/mol. The number of benzene rings is 3. The largest absolute Gasteiger partial charge is 0.507 e. The van der Waals surface area contributed by atoms with Crippen LogP contribution in [0, 0.1) is 0 Å². The van der Waals surface area contributed by atoms with Crippen molar-refractivity contribution in [2.45, 2.75) is 0 Å². The van der Waals surface area contributed by atoms with Crippen LogP contribution in [0.5, 0.6) is 11.5 Å². The quantitative estimate of drug-likeness (QED) is 0.298. The van der Waals surface area contributed by atoms with Crippen molar-refractivity contribution in [2.24, 2.45) is 5.10 Å². The van der Waals surface area contributed by atoms with Gasteiger partial charge in [0.15, 0.2) is 0 Å². The Balaban J connectivity index is 1.71. The summed E-state index contributed by atoms with van der Waals surface area (Å²) in [6, 6.07) is 18.3. The molecule has 5 nitrogen and oxygen atoms in total. The van der Waals surface area contributed by atoms with Crippen molar-refractivity contribution < 1.29 is 10.2 Å². The van der Waals surface area contributed by atoms with Crippen LogP contribution in [0.3, 0.4) is 0 Å². The third-order valence-electron chi connectivity index (χ3n) is 4.07. The second kappa shape index (κ2) is 6.13. The average molecular weight is 329 g/mol. The highest BCUT2D eigenvalue weighted by atomic mass is 16.3. The Labute approximate surface area is 143 Å². The van der Waals surface area contributed by atoms with E-state index in [2.05, 4.69) is 15.5 Å². The van der Waals surface area contributed by atoms with Crippen molar-refractivity contribution in [1.29, 1.82) is 0 Å². The number of fused-ring (bicyclic) bond motifs is 2. The van der Waals surface area contributed by atoms with Crippen LogP contribution in [0.2, 0.25) is 0 Å². The van der Waals surface area contributed by atoms with E-state index in [1.54, 1.807) is 36.7 Å². The molecule has 0 unspecified atom stereocenters. The summed E-state index contributed by atoms with van der Waals surface area (Å²) >= 11 is 0. The highest BCUT2D eigenvalue weighted by Gasteiger charge is 2.06. The summed E-state index contributed by atoms with van der Waals surface area (Å²) in [7, 11) is 0. The smallest absolute Gasteiger partial charge is 0.141 e. The maximum Gasteiger partial charge on any atom is 0.141 e. The number of aromatic hydroxyl groups is 2. The molecule has 3 N–H and O–H groups in total. The Morgan fingerprint density at radius 2 is 1.64 bits per heavy atom. The van der Waals surface area contributed by atoms with Crippen LogP contribution in [0.1, 0.15) is 5.56 Å². The van der Waals surface area contributed by atoms with E-state index >= 15 is 0 Å². The van der Waals surface area contributed by atoms with Gasteiger partial charge in [0.05, 0.1) is 11.9 Å². The van der Waals surface area contributed by atoms with Crippen molar-refractivity contribution in [2.75, 3.05) is 5.43 Å². The summed E-state index contributed by atoms with van der Waals surface area (Å²) in [5.41, 5.74) is 4.84. The molecule has 1 aromatic heterocycles. The Kier molecular flexibility index (Phi) is 3.67.